The van der Waals surface area contributed by atoms with Crippen LogP contribution in [0.15, 0.2) is 0 Å². The second-order valence-corrected chi connectivity index (χ2v) is 8.21. The maximum absolute atomic E-state index is 3.81. The molecule has 1 N–H and O–H groups in total. The SMILES string of the molecule is CC(C)(C)C1CCC(NCC2CC2(C)C)CC1. The van der Waals surface area contributed by atoms with Gasteiger partial charge in [-0.05, 0) is 61.3 Å². The Labute approximate surface area is 108 Å². The first-order valence-electron chi connectivity index (χ1n) is 7.52. The summed E-state index contributed by atoms with van der Waals surface area (Å²) in [6.07, 6.45) is 7.08. The quantitative estimate of drug-likeness (QED) is 0.774. The van der Waals surface area contributed by atoms with E-state index in [2.05, 4.69) is 39.9 Å². The molecule has 2 fully saturated rings. The summed E-state index contributed by atoms with van der Waals surface area (Å²) in [6, 6.07) is 0.810. The highest BCUT2D eigenvalue weighted by atomic mass is 14.9. The zero-order valence-electron chi connectivity index (χ0n) is 12.5. The summed E-state index contributed by atoms with van der Waals surface area (Å²) >= 11 is 0. The average Bonchev–Trinajstić information content (AvgIpc) is 2.83. The Morgan fingerprint density at radius 2 is 1.59 bits per heavy atom. The van der Waals surface area contributed by atoms with E-state index in [0.29, 0.717) is 10.8 Å². The van der Waals surface area contributed by atoms with Crippen LogP contribution in [0.1, 0.15) is 66.7 Å². The lowest BCUT2D eigenvalue weighted by Gasteiger charge is -2.37. The highest BCUT2D eigenvalue weighted by Gasteiger charge is 2.45. The Morgan fingerprint density at radius 1 is 1.06 bits per heavy atom. The first kappa shape index (κ1) is 13.4. The van der Waals surface area contributed by atoms with Crippen molar-refractivity contribution in [1.82, 2.24) is 5.32 Å². The molecule has 1 heteroatoms. The molecule has 0 bridgehead atoms. The maximum Gasteiger partial charge on any atom is 0.00673 e. The number of hydrogen-bond donors (Lipinski definition) is 1. The second kappa shape index (κ2) is 4.57. The van der Waals surface area contributed by atoms with Crippen LogP contribution in [-0.4, -0.2) is 12.6 Å². The van der Waals surface area contributed by atoms with E-state index in [9.17, 15) is 0 Å². The van der Waals surface area contributed by atoms with Gasteiger partial charge in [-0.15, -0.1) is 0 Å². The van der Waals surface area contributed by atoms with Crippen LogP contribution in [0.3, 0.4) is 0 Å². The number of rotatable bonds is 3. The molecule has 17 heavy (non-hydrogen) atoms. The fourth-order valence-electron chi connectivity index (χ4n) is 3.40. The van der Waals surface area contributed by atoms with Gasteiger partial charge in [0.2, 0.25) is 0 Å². The molecule has 0 spiro atoms. The minimum Gasteiger partial charge on any atom is -0.314 e. The molecule has 1 nitrogen and oxygen atoms in total. The van der Waals surface area contributed by atoms with Gasteiger partial charge >= 0.3 is 0 Å². The molecule has 100 valence electrons. The number of nitrogens with one attached hydrogen (secondary N) is 1. The molecule has 0 amide bonds. The molecule has 0 aromatic carbocycles. The van der Waals surface area contributed by atoms with Crippen LogP contribution in [0.2, 0.25) is 0 Å². The van der Waals surface area contributed by atoms with Crippen LogP contribution < -0.4 is 5.32 Å². The molecule has 2 saturated carbocycles. The summed E-state index contributed by atoms with van der Waals surface area (Å²) < 4.78 is 0. The molecule has 1 unspecified atom stereocenters. The molecule has 2 rings (SSSR count). The summed E-state index contributed by atoms with van der Waals surface area (Å²) in [7, 11) is 0. The van der Waals surface area contributed by atoms with Gasteiger partial charge in [0.1, 0.15) is 0 Å². The Bertz CT molecular complexity index is 253. The van der Waals surface area contributed by atoms with Crippen LogP contribution >= 0.6 is 0 Å². The number of hydrogen-bond acceptors (Lipinski definition) is 1. The molecule has 2 aliphatic rings. The predicted octanol–water partition coefficient (Wildman–Crippen LogP) is 4.23. The van der Waals surface area contributed by atoms with E-state index in [1.807, 2.05) is 0 Å². The van der Waals surface area contributed by atoms with Crippen LogP contribution in [0.4, 0.5) is 0 Å². The molecular weight excluding hydrogens is 206 g/mol. The smallest absolute Gasteiger partial charge is 0.00673 e. The van der Waals surface area contributed by atoms with Crippen molar-refractivity contribution in [2.45, 2.75) is 72.8 Å². The van der Waals surface area contributed by atoms with Crippen molar-refractivity contribution in [3.63, 3.8) is 0 Å². The van der Waals surface area contributed by atoms with Gasteiger partial charge in [0.15, 0.2) is 0 Å². The molecule has 0 aromatic heterocycles. The first-order chi connectivity index (χ1) is 7.79. The highest BCUT2D eigenvalue weighted by Crippen LogP contribution is 2.51. The minimum atomic E-state index is 0.517. The van der Waals surface area contributed by atoms with E-state index in [1.165, 1.54) is 38.6 Å². The zero-order chi connectivity index (χ0) is 12.7. The van der Waals surface area contributed by atoms with Crippen LogP contribution in [0, 0.1) is 22.7 Å². The summed E-state index contributed by atoms with van der Waals surface area (Å²) in [4.78, 5) is 0. The Balaban J connectivity index is 1.66. The molecule has 0 heterocycles. The molecule has 0 aliphatic heterocycles. The lowest BCUT2D eigenvalue weighted by atomic mass is 9.71. The topological polar surface area (TPSA) is 12.0 Å². The normalized spacial score (nSPS) is 36.9. The van der Waals surface area contributed by atoms with Crippen LogP contribution in [0.25, 0.3) is 0 Å². The molecule has 1 atom stereocenters. The van der Waals surface area contributed by atoms with E-state index in [4.69, 9.17) is 0 Å². The monoisotopic (exact) mass is 237 g/mol. The second-order valence-electron chi connectivity index (χ2n) is 8.21. The maximum atomic E-state index is 3.81. The van der Waals surface area contributed by atoms with E-state index >= 15 is 0 Å². The molecule has 0 radical (unpaired) electrons. The van der Waals surface area contributed by atoms with Crippen LogP contribution in [-0.2, 0) is 0 Å². The fourth-order valence-corrected chi connectivity index (χ4v) is 3.40. The summed E-state index contributed by atoms with van der Waals surface area (Å²) in [5.74, 6) is 1.89. The lowest BCUT2D eigenvalue weighted by Crippen LogP contribution is -2.37. The largest absolute Gasteiger partial charge is 0.314 e. The third kappa shape index (κ3) is 3.47. The summed E-state index contributed by atoms with van der Waals surface area (Å²) in [5, 5.41) is 3.81. The Morgan fingerprint density at radius 3 is 2.00 bits per heavy atom. The standard InChI is InChI=1S/C16H31N/c1-15(2,3)12-6-8-14(9-7-12)17-11-13-10-16(13,4)5/h12-14,17H,6-11H2,1-5H3. The Hall–Kier alpha value is -0.0400. The Kier molecular flexibility index (Phi) is 3.60. The average molecular weight is 237 g/mol. The predicted molar refractivity (Wildman–Crippen MR) is 75.1 cm³/mol. The van der Waals surface area contributed by atoms with Crippen molar-refractivity contribution >= 4 is 0 Å². The van der Waals surface area contributed by atoms with Gasteiger partial charge in [-0.3, -0.25) is 0 Å². The van der Waals surface area contributed by atoms with Gasteiger partial charge in [-0.2, -0.15) is 0 Å². The summed E-state index contributed by atoms with van der Waals surface area (Å²) in [6.45, 7) is 13.3. The molecule has 2 aliphatic carbocycles. The van der Waals surface area contributed by atoms with E-state index < -0.39 is 0 Å². The van der Waals surface area contributed by atoms with E-state index in [0.717, 1.165) is 17.9 Å². The van der Waals surface area contributed by atoms with Crippen LogP contribution in [0.5, 0.6) is 0 Å². The molecule has 0 saturated heterocycles. The fraction of sp³-hybridized carbons (Fsp3) is 1.00. The van der Waals surface area contributed by atoms with Gasteiger partial charge in [0.25, 0.3) is 0 Å². The van der Waals surface area contributed by atoms with Crippen molar-refractivity contribution in [1.29, 1.82) is 0 Å². The van der Waals surface area contributed by atoms with E-state index in [-0.39, 0.29) is 0 Å². The summed E-state index contributed by atoms with van der Waals surface area (Å²) in [5.41, 5.74) is 1.15. The third-order valence-electron chi connectivity index (χ3n) is 5.32. The van der Waals surface area contributed by atoms with Crippen molar-refractivity contribution in [2.24, 2.45) is 22.7 Å². The van der Waals surface area contributed by atoms with Gasteiger partial charge in [0, 0.05) is 6.04 Å². The van der Waals surface area contributed by atoms with Crippen molar-refractivity contribution in [3.8, 4) is 0 Å². The van der Waals surface area contributed by atoms with Gasteiger partial charge < -0.3 is 5.32 Å². The lowest BCUT2D eigenvalue weighted by molar-refractivity contribution is 0.159. The van der Waals surface area contributed by atoms with Crippen molar-refractivity contribution in [3.05, 3.63) is 0 Å². The van der Waals surface area contributed by atoms with E-state index in [1.54, 1.807) is 0 Å². The molecule has 0 aromatic rings. The first-order valence-corrected chi connectivity index (χ1v) is 7.52. The zero-order valence-corrected chi connectivity index (χ0v) is 12.5. The van der Waals surface area contributed by atoms with Crippen molar-refractivity contribution < 1.29 is 0 Å². The minimum absolute atomic E-state index is 0.517. The van der Waals surface area contributed by atoms with Gasteiger partial charge in [0.05, 0.1) is 0 Å². The van der Waals surface area contributed by atoms with Gasteiger partial charge in [-0.1, -0.05) is 34.6 Å². The third-order valence-corrected chi connectivity index (χ3v) is 5.32. The van der Waals surface area contributed by atoms with Gasteiger partial charge in [-0.25, -0.2) is 0 Å². The van der Waals surface area contributed by atoms with Crippen molar-refractivity contribution in [2.75, 3.05) is 6.54 Å². The molecular formula is C16H31N. The highest BCUT2D eigenvalue weighted by molar-refractivity contribution is 4.97.